The highest BCUT2D eigenvalue weighted by Crippen LogP contribution is 2.43. The number of nitrogens with zero attached hydrogens (tertiary/aromatic N) is 5. The lowest BCUT2D eigenvalue weighted by atomic mass is 10.0. The van der Waals surface area contributed by atoms with E-state index in [1.54, 1.807) is 6.20 Å². The van der Waals surface area contributed by atoms with Crippen LogP contribution in [-0.2, 0) is 17.6 Å². The van der Waals surface area contributed by atoms with Gasteiger partial charge in [-0.3, -0.25) is 9.78 Å². The lowest BCUT2D eigenvalue weighted by molar-refractivity contribution is -0.114. The van der Waals surface area contributed by atoms with Crippen LogP contribution in [0, 0.1) is 6.92 Å². The molecule has 5 rings (SSSR count). The number of nitrogens with one attached hydrogen (secondary N) is 2. The van der Waals surface area contributed by atoms with Crippen LogP contribution in [0.2, 0.25) is 0 Å². The second kappa shape index (κ2) is 8.16. The highest BCUT2D eigenvalue weighted by molar-refractivity contribution is 7.19. The van der Waals surface area contributed by atoms with E-state index < -0.39 is 0 Å². The fourth-order valence-electron chi connectivity index (χ4n) is 4.05. The molecule has 1 aliphatic rings. The maximum atomic E-state index is 11.6. The molecule has 0 saturated carbocycles. The topological polar surface area (TPSA) is 97.6 Å². The van der Waals surface area contributed by atoms with Crippen molar-refractivity contribution in [3.63, 3.8) is 0 Å². The number of amides is 1. The maximum absolute atomic E-state index is 11.6. The van der Waals surface area contributed by atoms with E-state index >= 15 is 0 Å². The minimum atomic E-state index is -0.123. The number of thiazole rings is 1. The number of carbonyl (C=O) groups is 1. The fraction of sp³-hybridized carbons (Fsp3) is 0.261. The van der Waals surface area contributed by atoms with E-state index in [1.165, 1.54) is 23.8 Å². The molecule has 4 aromatic rings. The third-order valence-electron chi connectivity index (χ3n) is 5.52. The second-order valence-electron chi connectivity index (χ2n) is 7.71. The van der Waals surface area contributed by atoms with Gasteiger partial charge in [0.1, 0.15) is 5.82 Å². The first-order valence-corrected chi connectivity index (χ1v) is 11.3. The summed E-state index contributed by atoms with van der Waals surface area (Å²) in [5, 5.41) is 11.6. The van der Waals surface area contributed by atoms with Crippen LogP contribution in [-0.4, -0.2) is 37.7 Å². The summed E-state index contributed by atoms with van der Waals surface area (Å²) < 4.78 is 1.98. The predicted molar refractivity (Wildman–Crippen MR) is 126 cm³/mol. The highest BCUT2D eigenvalue weighted by atomic mass is 32.1. The highest BCUT2D eigenvalue weighted by Gasteiger charge is 2.29. The minimum absolute atomic E-state index is 0.123. The smallest absolute Gasteiger partial charge is 0.223 e. The van der Waals surface area contributed by atoms with Crippen molar-refractivity contribution in [2.45, 2.75) is 33.1 Å². The first-order chi connectivity index (χ1) is 15.5. The third-order valence-corrected chi connectivity index (χ3v) is 6.54. The Balaban J connectivity index is 1.76. The standard InChI is InChI=1S/C23H23N7OS/c1-13-18(8-5-11-25-13)30-21-16(20(29-30)15-9-10-19(24-3)26-12-15)6-4-7-17-22(21)32-23(28-17)27-14(2)31/h5,8-12H,4,6-7H2,1-3H3,(H,24,26)(H,27,28,31). The number of fused-ring (bicyclic) bond motifs is 3. The zero-order valence-electron chi connectivity index (χ0n) is 18.1. The number of rotatable bonds is 4. The van der Waals surface area contributed by atoms with Gasteiger partial charge in [0.05, 0.1) is 33.3 Å². The van der Waals surface area contributed by atoms with Crippen LogP contribution in [0.4, 0.5) is 10.9 Å². The Labute approximate surface area is 189 Å². The third kappa shape index (κ3) is 3.54. The molecule has 0 bridgehead atoms. The predicted octanol–water partition coefficient (Wildman–Crippen LogP) is 4.25. The maximum Gasteiger partial charge on any atom is 0.223 e. The van der Waals surface area contributed by atoms with Crippen molar-refractivity contribution >= 4 is 28.2 Å². The van der Waals surface area contributed by atoms with Gasteiger partial charge in [0, 0.05) is 37.5 Å². The Hall–Kier alpha value is -3.59. The van der Waals surface area contributed by atoms with E-state index in [0.717, 1.165) is 64.0 Å². The van der Waals surface area contributed by atoms with Crippen LogP contribution in [0.25, 0.3) is 27.5 Å². The lowest BCUT2D eigenvalue weighted by Crippen LogP contribution is -2.05. The molecule has 0 radical (unpaired) electrons. The summed E-state index contributed by atoms with van der Waals surface area (Å²) in [5.74, 6) is 0.689. The van der Waals surface area contributed by atoms with Crippen LogP contribution in [0.1, 0.15) is 30.3 Å². The quantitative estimate of drug-likeness (QED) is 0.487. The Morgan fingerprint density at radius 3 is 2.78 bits per heavy atom. The number of carbonyl (C=O) groups excluding carboxylic acids is 1. The Morgan fingerprint density at radius 2 is 2.06 bits per heavy atom. The SMILES string of the molecule is CNc1ccc(-c2nn(-c3cccnc3C)c3c2CCCc2nc(NC(C)=O)sc2-3)cn1. The molecule has 0 aliphatic heterocycles. The summed E-state index contributed by atoms with van der Waals surface area (Å²) in [5.41, 5.74) is 6.90. The van der Waals surface area contributed by atoms with Gasteiger partial charge in [-0.2, -0.15) is 5.10 Å². The first kappa shape index (κ1) is 20.3. The molecule has 4 aromatic heterocycles. The number of aromatic nitrogens is 5. The van der Waals surface area contributed by atoms with Gasteiger partial charge in [0.15, 0.2) is 5.13 Å². The fourth-order valence-corrected chi connectivity index (χ4v) is 5.17. The molecule has 0 spiro atoms. The van der Waals surface area contributed by atoms with Crippen LogP contribution in [0.15, 0.2) is 36.7 Å². The van der Waals surface area contributed by atoms with E-state index in [-0.39, 0.29) is 5.91 Å². The van der Waals surface area contributed by atoms with Crippen molar-refractivity contribution in [2.75, 3.05) is 17.7 Å². The van der Waals surface area contributed by atoms with E-state index in [4.69, 9.17) is 10.1 Å². The summed E-state index contributed by atoms with van der Waals surface area (Å²) in [6, 6.07) is 7.96. The largest absolute Gasteiger partial charge is 0.373 e. The number of hydrogen-bond donors (Lipinski definition) is 2. The minimum Gasteiger partial charge on any atom is -0.373 e. The normalized spacial score (nSPS) is 12.6. The van der Waals surface area contributed by atoms with Gasteiger partial charge in [-0.05, 0) is 50.5 Å². The number of anilines is 2. The van der Waals surface area contributed by atoms with Gasteiger partial charge in [-0.1, -0.05) is 11.3 Å². The summed E-state index contributed by atoms with van der Waals surface area (Å²) in [7, 11) is 1.85. The van der Waals surface area contributed by atoms with Gasteiger partial charge in [0.25, 0.3) is 0 Å². The molecule has 162 valence electrons. The average Bonchev–Trinajstić information content (AvgIpc) is 3.30. The number of hydrogen-bond acceptors (Lipinski definition) is 7. The molecule has 0 aromatic carbocycles. The van der Waals surface area contributed by atoms with Crippen LogP contribution in [0.5, 0.6) is 0 Å². The summed E-state index contributed by atoms with van der Waals surface area (Å²) in [6.07, 6.45) is 6.33. The molecule has 0 unspecified atom stereocenters. The molecule has 2 N–H and O–H groups in total. The van der Waals surface area contributed by atoms with Gasteiger partial charge in [0.2, 0.25) is 5.91 Å². The van der Waals surface area contributed by atoms with Crippen molar-refractivity contribution in [2.24, 2.45) is 0 Å². The van der Waals surface area contributed by atoms with Crippen molar-refractivity contribution in [1.29, 1.82) is 0 Å². The Kier molecular flexibility index (Phi) is 5.18. The van der Waals surface area contributed by atoms with Crippen LogP contribution < -0.4 is 10.6 Å². The zero-order chi connectivity index (χ0) is 22.2. The van der Waals surface area contributed by atoms with Crippen LogP contribution >= 0.6 is 11.3 Å². The van der Waals surface area contributed by atoms with Gasteiger partial charge < -0.3 is 10.6 Å². The Morgan fingerprint density at radius 1 is 1.19 bits per heavy atom. The van der Waals surface area contributed by atoms with Gasteiger partial charge in [-0.15, -0.1) is 0 Å². The molecule has 0 atom stereocenters. The summed E-state index contributed by atoms with van der Waals surface area (Å²) in [4.78, 5) is 26.4. The van der Waals surface area contributed by atoms with E-state index in [2.05, 4.69) is 20.6 Å². The monoisotopic (exact) mass is 445 g/mol. The first-order valence-electron chi connectivity index (χ1n) is 10.5. The van der Waals surface area contributed by atoms with E-state index in [1.807, 2.05) is 49.1 Å². The van der Waals surface area contributed by atoms with Crippen molar-refractivity contribution < 1.29 is 4.79 Å². The molecule has 0 saturated heterocycles. The molecule has 9 heteroatoms. The van der Waals surface area contributed by atoms with Crippen molar-refractivity contribution in [3.8, 4) is 27.5 Å². The molecular formula is C23H23N7OS. The van der Waals surface area contributed by atoms with Crippen molar-refractivity contribution in [1.82, 2.24) is 24.7 Å². The number of pyridine rings is 2. The van der Waals surface area contributed by atoms with E-state index in [9.17, 15) is 4.79 Å². The Bertz CT molecular complexity index is 1310. The summed E-state index contributed by atoms with van der Waals surface area (Å²) >= 11 is 1.50. The van der Waals surface area contributed by atoms with E-state index in [0.29, 0.717) is 5.13 Å². The molecular weight excluding hydrogens is 422 g/mol. The second-order valence-corrected chi connectivity index (χ2v) is 8.71. The zero-order valence-corrected chi connectivity index (χ0v) is 19.0. The average molecular weight is 446 g/mol. The molecule has 4 heterocycles. The van der Waals surface area contributed by atoms with Gasteiger partial charge >= 0.3 is 0 Å². The van der Waals surface area contributed by atoms with Crippen molar-refractivity contribution in [3.05, 3.63) is 53.6 Å². The summed E-state index contributed by atoms with van der Waals surface area (Å²) in [6.45, 7) is 3.49. The molecule has 1 aliphatic carbocycles. The molecule has 8 nitrogen and oxygen atoms in total. The van der Waals surface area contributed by atoms with Crippen LogP contribution in [0.3, 0.4) is 0 Å². The lowest BCUT2D eigenvalue weighted by Gasteiger charge is -2.09. The number of aryl methyl sites for hydroxylation is 2. The molecule has 32 heavy (non-hydrogen) atoms. The van der Waals surface area contributed by atoms with Gasteiger partial charge in [-0.25, -0.2) is 14.6 Å². The molecule has 0 fully saturated rings. The molecule has 1 amide bonds.